The van der Waals surface area contributed by atoms with Crippen LogP contribution in [0.25, 0.3) is 0 Å². The number of morpholine rings is 1. The summed E-state index contributed by atoms with van der Waals surface area (Å²) < 4.78 is 15.5. The number of nitrogens with zero attached hydrogens (tertiary/aromatic N) is 1. The van der Waals surface area contributed by atoms with Crippen molar-refractivity contribution in [1.82, 2.24) is 10.2 Å². The lowest BCUT2D eigenvalue weighted by Crippen LogP contribution is -2.46. The summed E-state index contributed by atoms with van der Waals surface area (Å²) in [7, 11) is 0. The van der Waals surface area contributed by atoms with Crippen LogP contribution in [0.1, 0.15) is 32.4 Å². The minimum atomic E-state index is -0.691. The molecule has 7 heteroatoms. The number of esters is 2. The highest BCUT2D eigenvalue weighted by Crippen LogP contribution is 2.25. The standard InChI is InChI=1S/C21H30N2O5/c1-4-27-20(24)18(21(25)28-5-2)15-22-16(3)19(17-9-7-6-8-10-17)23-11-13-26-14-12-23/h6-10,15-16,19,22H,4-5,11-14H2,1-3H3/t16-,19+/m1/s1. The lowest BCUT2D eigenvalue weighted by Gasteiger charge is -2.38. The van der Waals surface area contributed by atoms with E-state index in [1.54, 1.807) is 13.8 Å². The summed E-state index contributed by atoms with van der Waals surface area (Å²) in [6, 6.07) is 10.2. The van der Waals surface area contributed by atoms with Gasteiger partial charge in [0.1, 0.15) is 0 Å². The lowest BCUT2D eigenvalue weighted by atomic mass is 9.98. The maximum Gasteiger partial charge on any atom is 0.347 e. The van der Waals surface area contributed by atoms with Gasteiger partial charge in [-0.25, -0.2) is 9.59 Å². The van der Waals surface area contributed by atoms with Crippen LogP contribution in [0.15, 0.2) is 42.1 Å². The molecule has 1 heterocycles. The summed E-state index contributed by atoms with van der Waals surface area (Å²) in [5.74, 6) is -1.38. The van der Waals surface area contributed by atoms with Crippen molar-refractivity contribution in [3.63, 3.8) is 0 Å². The Kier molecular flexibility index (Phi) is 8.97. The molecule has 1 fully saturated rings. The van der Waals surface area contributed by atoms with Gasteiger partial charge in [-0.15, -0.1) is 0 Å². The smallest absolute Gasteiger partial charge is 0.347 e. The molecule has 7 nitrogen and oxygen atoms in total. The summed E-state index contributed by atoms with van der Waals surface area (Å²) in [6.07, 6.45) is 1.41. The van der Waals surface area contributed by atoms with E-state index in [-0.39, 0.29) is 30.9 Å². The number of hydrogen-bond donors (Lipinski definition) is 1. The van der Waals surface area contributed by atoms with E-state index in [0.29, 0.717) is 13.2 Å². The van der Waals surface area contributed by atoms with Gasteiger partial charge >= 0.3 is 11.9 Å². The molecular weight excluding hydrogens is 360 g/mol. The first-order valence-electron chi connectivity index (χ1n) is 9.75. The maximum atomic E-state index is 12.2. The molecule has 154 valence electrons. The van der Waals surface area contributed by atoms with E-state index in [9.17, 15) is 9.59 Å². The molecule has 0 saturated carbocycles. The van der Waals surface area contributed by atoms with E-state index in [4.69, 9.17) is 14.2 Å². The third kappa shape index (κ3) is 6.07. The van der Waals surface area contributed by atoms with Crippen molar-refractivity contribution < 1.29 is 23.8 Å². The van der Waals surface area contributed by atoms with Gasteiger partial charge in [0.15, 0.2) is 5.57 Å². The summed E-state index contributed by atoms with van der Waals surface area (Å²) in [5.41, 5.74) is 1.02. The summed E-state index contributed by atoms with van der Waals surface area (Å²) >= 11 is 0. The molecule has 0 aliphatic carbocycles. The van der Waals surface area contributed by atoms with Crippen molar-refractivity contribution in [2.45, 2.75) is 32.9 Å². The van der Waals surface area contributed by atoms with Crippen LogP contribution < -0.4 is 5.32 Å². The molecule has 2 atom stereocenters. The van der Waals surface area contributed by atoms with Crippen LogP contribution in [0.5, 0.6) is 0 Å². The summed E-state index contributed by atoms with van der Waals surface area (Å²) in [4.78, 5) is 26.7. The van der Waals surface area contributed by atoms with Gasteiger partial charge in [-0.3, -0.25) is 4.90 Å². The molecule has 0 aromatic heterocycles. The van der Waals surface area contributed by atoms with Crippen molar-refractivity contribution in [2.75, 3.05) is 39.5 Å². The molecule has 0 unspecified atom stereocenters. The topological polar surface area (TPSA) is 77.1 Å². The van der Waals surface area contributed by atoms with Crippen LogP contribution in [-0.2, 0) is 23.8 Å². The first-order chi connectivity index (χ1) is 13.6. The Morgan fingerprint density at radius 3 is 2.21 bits per heavy atom. The molecular formula is C21H30N2O5. The number of carbonyl (C=O) groups is 2. The van der Waals surface area contributed by atoms with Crippen molar-refractivity contribution >= 4 is 11.9 Å². The van der Waals surface area contributed by atoms with E-state index < -0.39 is 11.9 Å². The quantitative estimate of drug-likeness (QED) is 0.299. The normalized spacial score (nSPS) is 16.5. The van der Waals surface area contributed by atoms with Crippen molar-refractivity contribution in [3.05, 3.63) is 47.7 Å². The van der Waals surface area contributed by atoms with Crippen molar-refractivity contribution in [1.29, 1.82) is 0 Å². The first kappa shape index (κ1) is 21.9. The molecule has 1 aliphatic rings. The van der Waals surface area contributed by atoms with Gasteiger partial charge in [-0.1, -0.05) is 30.3 Å². The Morgan fingerprint density at radius 1 is 1.11 bits per heavy atom. The summed E-state index contributed by atoms with van der Waals surface area (Å²) in [5, 5.41) is 3.21. The third-order valence-electron chi connectivity index (χ3n) is 4.54. The van der Waals surface area contributed by atoms with Gasteiger partial charge in [0.05, 0.1) is 32.5 Å². The SMILES string of the molecule is CCOC(=O)C(=CN[C@H](C)[C@@H](c1ccccc1)N1CCOCC1)C(=O)OCC. The van der Waals surface area contributed by atoms with Crippen molar-refractivity contribution in [3.8, 4) is 0 Å². The van der Waals surface area contributed by atoms with E-state index in [2.05, 4.69) is 22.3 Å². The molecule has 1 aliphatic heterocycles. The monoisotopic (exact) mass is 390 g/mol. The average Bonchev–Trinajstić information content (AvgIpc) is 2.70. The number of nitrogens with one attached hydrogen (secondary N) is 1. The predicted molar refractivity (Wildman–Crippen MR) is 106 cm³/mol. The van der Waals surface area contributed by atoms with Gasteiger partial charge in [-0.05, 0) is 26.3 Å². The number of benzene rings is 1. The molecule has 0 bridgehead atoms. The van der Waals surface area contributed by atoms with Crippen molar-refractivity contribution in [2.24, 2.45) is 0 Å². The Labute approximate surface area is 166 Å². The van der Waals surface area contributed by atoms with E-state index in [1.807, 2.05) is 25.1 Å². The molecule has 1 aromatic rings. The Bertz CT molecular complexity index is 636. The second kappa shape index (κ2) is 11.5. The second-order valence-electron chi connectivity index (χ2n) is 6.46. The van der Waals surface area contributed by atoms with Gasteiger partial charge in [-0.2, -0.15) is 0 Å². The number of hydrogen-bond acceptors (Lipinski definition) is 7. The fraction of sp³-hybridized carbons (Fsp3) is 0.524. The van der Waals surface area contributed by atoms with Gasteiger partial charge in [0.2, 0.25) is 0 Å². The minimum Gasteiger partial charge on any atom is -0.462 e. The van der Waals surface area contributed by atoms with Crippen LogP contribution >= 0.6 is 0 Å². The largest absolute Gasteiger partial charge is 0.462 e. The zero-order valence-corrected chi connectivity index (χ0v) is 16.8. The van der Waals surface area contributed by atoms with E-state index in [0.717, 1.165) is 18.7 Å². The highest BCUT2D eigenvalue weighted by atomic mass is 16.6. The molecule has 1 saturated heterocycles. The number of rotatable bonds is 9. The Balaban J connectivity index is 2.22. The molecule has 0 amide bonds. The van der Waals surface area contributed by atoms with Crippen LogP contribution in [0.4, 0.5) is 0 Å². The van der Waals surface area contributed by atoms with Crippen LogP contribution in [0.3, 0.4) is 0 Å². The third-order valence-corrected chi connectivity index (χ3v) is 4.54. The molecule has 0 radical (unpaired) electrons. The molecule has 1 N–H and O–H groups in total. The summed E-state index contributed by atoms with van der Waals surface area (Å²) in [6.45, 7) is 8.79. The van der Waals surface area contributed by atoms with Gasteiger partial charge < -0.3 is 19.5 Å². The first-order valence-corrected chi connectivity index (χ1v) is 9.75. The molecule has 28 heavy (non-hydrogen) atoms. The maximum absolute atomic E-state index is 12.2. The predicted octanol–water partition coefficient (Wildman–Crippen LogP) is 2.05. The zero-order valence-electron chi connectivity index (χ0n) is 16.8. The van der Waals surface area contributed by atoms with E-state index >= 15 is 0 Å². The van der Waals surface area contributed by atoms with Crippen LogP contribution in [-0.4, -0.2) is 62.4 Å². The highest BCUT2D eigenvalue weighted by molar-refractivity contribution is 6.13. The van der Waals surface area contributed by atoms with Crippen LogP contribution in [0, 0.1) is 0 Å². The van der Waals surface area contributed by atoms with Crippen LogP contribution in [0.2, 0.25) is 0 Å². The highest BCUT2D eigenvalue weighted by Gasteiger charge is 2.28. The van der Waals surface area contributed by atoms with Gasteiger partial charge in [0, 0.05) is 25.3 Å². The molecule has 2 rings (SSSR count). The van der Waals surface area contributed by atoms with E-state index in [1.165, 1.54) is 6.20 Å². The fourth-order valence-corrected chi connectivity index (χ4v) is 3.25. The molecule has 0 spiro atoms. The average molecular weight is 390 g/mol. The van der Waals surface area contributed by atoms with Gasteiger partial charge in [0.25, 0.3) is 0 Å². The lowest BCUT2D eigenvalue weighted by molar-refractivity contribution is -0.146. The molecule has 1 aromatic carbocycles. The minimum absolute atomic E-state index is 0.0620. The number of carbonyl (C=O) groups excluding carboxylic acids is 2. The number of ether oxygens (including phenoxy) is 3. The Hall–Kier alpha value is -2.38. The fourth-order valence-electron chi connectivity index (χ4n) is 3.25. The second-order valence-corrected chi connectivity index (χ2v) is 6.46. The zero-order chi connectivity index (χ0) is 20.4. The Morgan fingerprint density at radius 2 is 1.68 bits per heavy atom.